The first-order valence-corrected chi connectivity index (χ1v) is 7.20. The van der Waals surface area contributed by atoms with E-state index in [0.29, 0.717) is 31.2 Å². The first-order valence-electron chi connectivity index (χ1n) is 7.20. The molecule has 1 N–H and O–H groups in total. The number of morpholine rings is 1. The summed E-state index contributed by atoms with van der Waals surface area (Å²) in [6, 6.07) is -0.00166. The highest BCUT2D eigenvalue weighted by Gasteiger charge is 2.35. The van der Waals surface area contributed by atoms with Crippen LogP contribution < -0.4 is 4.90 Å². The summed E-state index contributed by atoms with van der Waals surface area (Å²) in [6.45, 7) is 6.99. The van der Waals surface area contributed by atoms with E-state index in [4.69, 9.17) is 4.74 Å². The minimum Gasteiger partial charge on any atom is -0.394 e. The fourth-order valence-electron chi connectivity index (χ4n) is 2.65. The molecule has 21 heavy (non-hydrogen) atoms. The zero-order valence-corrected chi connectivity index (χ0v) is 12.7. The van der Waals surface area contributed by atoms with Gasteiger partial charge in [0.2, 0.25) is 5.82 Å². The molecule has 1 saturated heterocycles. The summed E-state index contributed by atoms with van der Waals surface area (Å²) < 4.78 is 7.21. The Kier molecular flexibility index (Phi) is 4.79. The van der Waals surface area contributed by atoms with E-state index in [2.05, 4.69) is 5.10 Å². The van der Waals surface area contributed by atoms with Gasteiger partial charge in [-0.1, -0.05) is 6.92 Å². The van der Waals surface area contributed by atoms with Crippen LogP contribution in [0.4, 0.5) is 11.5 Å². The second-order valence-electron chi connectivity index (χ2n) is 5.38. The molecule has 8 nitrogen and oxygen atoms in total. The number of anilines is 1. The van der Waals surface area contributed by atoms with Crippen molar-refractivity contribution in [2.45, 2.75) is 45.9 Å². The molecule has 1 aliphatic rings. The standard InChI is InChI=1S/C13H22N4O4/c1-4-5-16-13(12(17(19)20)10(3)14-16)15-6-11(7-18)21-8-9(15)2/h9,11,18H,4-8H2,1-3H3. The van der Waals surface area contributed by atoms with Crippen LogP contribution in [0.1, 0.15) is 26.0 Å². The average molecular weight is 298 g/mol. The number of aromatic nitrogens is 2. The van der Waals surface area contributed by atoms with Crippen LogP contribution in [0.15, 0.2) is 0 Å². The molecule has 0 aromatic carbocycles. The molecule has 2 atom stereocenters. The quantitative estimate of drug-likeness (QED) is 0.646. The zero-order valence-electron chi connectivity index (χ0n) is 12.7. The molecular formula is C13H22N4O4. The van der Waals surface area contributed by atoms with Gasteiger partial charge in [-0.25, -0.2) is 4.68 Å². The van der Waals surface area contributed by atoms with E-state index in [-0.39, 0.29) is 29.4 Å². The Morgan fingerprint density at radius 1 is 1.57 bits per heavy atom. The third-order valence-electron chi connectivity index (χ3n) is 3.67. The minimum atomic E-state index is -0.375. The van der Waals surface area contributed by atoms with Crippen LogP contribution in [0.5, 0.6) is 0 Å². The number of aryl methyl sites for hydroxylation is 2. The van der Waals surface area contributed by atoms with Crippen LogP contribution in [0.25, 0.3) is 0 Å². The van der Waals surface area contributed by atoms with Gasteiger partial charge >= 0.3 is 5.69 Å². The van der Waals surface area contributed by atoms with Gasteiger partial charge in [-0.15, -0.1) is 0 Å². The molecule has 2 heterocycles. The molecule has 0 bridgehead atoms. The van der Waals surface area contributed by atoms with E-state index in [1.54, 1.807) is 11.6 Å². The largest absolute Gasteiger partial charge is 0.394 e. The smallest absolute Gasteiger partial charge is 0.333 e. The Balaban J connectivity index is 2.46. The summed E-state index contributed by atoms with van der Waals surface area (Å²) in [5.74, 6) is 0.522. The van der Waals surface area contributed by atoms with E-state index < -0.39 is 0 Å². The van der Waals surface area contributed by atoms with Crippen molar-refractivity contribution >= 4 is 11.5 Å². The molecule has 1 fully saturated rings. The number of aliphatic hydroxyl groups is 1. The van der Waals surface area contributed by atoms with Gasteiger partial charge in [0.15, 0.2) is 0 Å². The van der Waals surface area contributed by atoms with Gasteiger partial charge in [-0.2, -0.15) is 5.10 Å². The fourth-order valence-corrected chi connectivity index (χ4v) is 2.65. The summed E-state index contributed by atoms with van der Waals surface area (Å²) in [7, 11) is 0. The highest BCUT2D eigenvalue weighted by atomic mass is 16.6. The summed E-state index contributed by atoms with van der Waals surface area (Å²) >= 11 is 0. The monoisotopic (exact) mass is 298 g/mol. The van der Waals surface area contributed by atoms with Gasteiger partial charge in [-0.05, 0) is 20.3 Å². The highest BCUT2D eigenvalue weighted by molar-refractivity contribution is 5.62. The highest BCUT2D eigenvalue weighted by Crippen LogP contribution is 2.34. The van der Waals surface area contributed by atoms with Crippen molar-refractivity contribution in [2.24, 2.45) is 0 Å². The third-order valence-corrected chi connectivity index (χ3v) is 3.67. The zero-order chi connectivity index (χ0) is 15.6. The molecule has 0 spiro atoms. The van der Waals surface area contributed by atoms with Crippen molar-refractivity contribution in [1.82, 2.24) is 9.78 Å². The van der Waals surface area contributed by atoms with Crippen LogP contribution in [0.2, 0.25) is 0 Å². The van der Waals surface area contributed by atoms with Crippen molar-refractivity contribution in [3.63, 3.8) is 0 Å². The number of hydrogen-bond acceptors (Lipinski definition) is 6. The average Bonchev–Trinajstić information content (AvgIpc) is 2.76. The lowest BCUT2D eigenvalue weighted by molar-refractivity contribution is -0.384. The van der Waals surface area contributed by atoms with E-state index >= 15 is 0 Å². The second kappa shape index (κ2) is 6.40. The number of nitro groups is 1. The van der Waals surface area contributed by atoms with Gasteiger partial charge in [0.1, 0.15) is 5.69 Å². The van der Waals surface area contributed by atoms with Gasteiger partial charge in [0.25, 0.3) is 0 Å². The maximum Gasteiger partial charge on any atom is 0.333 e. The molecule has 8 heteroatoms. The molecular weight excluding hydrogens is 276 g/mol. The maximum atomic E-state index is 11.4. The van der Waals surface area contributed by atoms with Gasteiger partial charge < -0.3 is 14.7 Å². The van der Waals surface area contributed by atoms with E-state index in [1.165, 1.54) is 0 Å². The minimum absolute atomic E-state index is 0.00166. The van der Waals surface area contributed by atoms with Crippen molar-refractivity contribution in [3.05, 3.63) is 15.8 Å². The predicted molar refractivity (Wildman–Crippen MR) is 77.5 cm³/mol. The number of rotatable bonds is 5. The number of aliphatic hydroxyl groups excluding tert-OH is 1. The van der Waals surface area contributed by atoms with Crippen LogP contribution >= 0.6 is 0 Å². The van der Waals surface area contributed by atoms with Crippen LogP contribution in [0.3, 0.4) is 0 Å². The first kappa shape index (κ1) is 15.7. The lowest BCUT2D eigenvalue weighted by atomic mass is 10.2. The van der Waals surface area contributed by atoms with Gasteiger partial charge in [0, 0.05) is 13.1 Å². The van der Waals surface area contributed by atoms with E-state index in [0.717, 1.165) is 6.42 Å². The Morgan fingerprint density at radius 2 is 2.29 bits per heavy atom. The van der Waals surface area contributed by atoms with Crippen molar-refractivity contribution in [1.29, 1.82) is 0 Å². The van der Waals surface area contributed by atoms with E-state index in [9.17, 15) is 15.2 Å². The summed E-state index contributed by atoms with van der Waals surface area (Å²) in [6.07, 6.45) is 0.513. The predicted octanol–water partition coefficient (Wildman–Crippen LogP) is 1.10. The normalized spacial score (nSPS) is 22.6. The Labute approximate surface area is 123 Å². The topological polar surface area (TPSA) is 93.7 Å². The molecule has 1 aromatic rings. The van der Waals surface area contributed by atoms with Gasteiger partial charge in [-0.3, -0.25) is 10.1 Å². The number of hydrogen-bond donors (Lipinski definition) is 1. The van der Waals surface area contributed by atoms with Gasteiger partial charge in [0.05, 0.1) is 30.3 Å². The molecule has 1 aromatic heterocycles. The molecule has 0 aliphatic carbocycles. The molecule has 118 valence electrons. The van der Waals surface area contributed by atoms with Crippen molar-refractivity contribution < 1.29 is 14.8 Å². The Bertz CT molecular complexity index is 517. The molecule has 0 amide bonds. The summed E-state index contributed by atoms with van der Waals surface area (Å²) in [4.78, 5) is 13.0. The van der Waals surface area contributed by atoms with Crippen LogP contribution in [0, 0.1) is 17.0 Å². The molecule has 0 saturated carbocycles. The SMILES string of the molecule is CCCn1nc(C)c([N+](=O)[O-])c1N1CC(CO)OCC1C. The van der Waals surface area contributed by atoms with Crippen molar-refractivity contribution in [2.75, 3.05) is 24.7 Å². The summed E-state index contributed by atoms with van der Waals surface area (Å²) in [5.41, 5.74) is 0.469. The van der Waals surface area contributed by atoms with Crippen LogP contribution in [-0.4, -0.2) is 51.7 Å². The first-order chi connectivity index (χ1) is 9.99. The Hall–Kier alpha value is -1.67. The van der Waals surface area contributed by atoms with Crippen LogP contribution in [-0.2, 0) is 11.3 Å². The van der Waals surface area contributed by atoms with E-state index in [1.807, 2.05) is 18.7 Å². The number of ether oxygens (including phenoxy) is 1. The Morgan fingerprint density at radius 3 is 2.86 bits per heavy atom. The molecule has 2 unspecified atom stereocenters. The number of nitrogens with zero attached hydrogens (tertiary/aromatic N) is 4. The molecule has 1 aliphatic heterocycles. The van der Waals surface area contributed by atoms with Crippen molar-refractivity contribution in [3.8, 4) is 0 Å². The third kappa shape index (κ3) is 3.01. The second-order valence-corrected chi connectivity index (χ2v) is 5.38. The molecule has 0 radical (unpaired) electrons. The maximum absolute atomic E-state index is 11.4. The summed E-state index contributed by atoms with van der Waals surface area (Å²) in [5, 5.41) is 25.0. The fraction of sp³-hybridized carbons (Fsp3) is 0.769. The molecule has 2 rings (SSSR count). The lowest BCUT2D eigenvalue weighted by Crippen LogP contribution is -2.50. The lowest BCUT2D eigenvalue weighted by Gasteiger charge is -2.38.